The number of rotatable bonds is 6. The van der Waals surface area contributed by atoms with Crippen LogP contribution in [0, 0.1) is 0 Å². The summed E-state index contributed by atoms with van der Waals surface area (Å²) in [4.78, 5) is 28.9. The van der Waals surface area contributed by atoms with E-state index in [1.54, 1.807) is 49.5 Å². The van der Waals surface area contributed by atoms with Gasteiger partial charge in [-0.2, -0.15) is 0 Å². The number of amides is 1. The Bertz CT molecular complexity index is 1450. The molecule has 0 saturated carbocycles. The molecule has 0 N–H and O–H groups in total. The quantitative estimate of drug-likeness (QED) is 0.381. The molecule has 1 aliphatic heterocycles. The first-order chi connectivity index (χ1) is 16.5. The Hall–Kier alpha value is -3.77. The standard InChI is InChI=1S/C27H22ClNO5/c1-32-21-10-8-17(14-22(21)33-2)24-23-25(30)19-15-18(28)9-11-20(19)34-26(23)27(31)29(24)13-12-16-6-4-3-5-7-16/h3-11,14-15,24H,12-13H2,1-2H3. The maximum Gasteiger partial charge on any atom is 0.290 e. The first-order valence-corrected chi connectivity index (χ1v) is 11.2. The smallest absolute Gasteiger partial charge is 0.290 e. The molecule has 7 heteroatoms. The zero-order chi connectivity index (χ0) is 23.8. The van der Waals surface area contributed by atoms with E-state index in [-0.39, 0.29) is 17.1 Å². The number of methoxy groups -OCH3 is 2. The molecule has 5 rings (SSSR count). The van der Waals surface area contributed by atoms with Crippen molar-refractivity contribution >= 4 is 28.5 Å². The molecule has 0 spiro atoms. The first-order valence-electron chi connectivity index (χ1n) is 10.8. The monoisotopic (exact) mass is 475 g/mol. The highest BCUT2D eigenvalue weighted by molar-refractivity contribution is 6.31. The number of halogens is 1. The molecular formula is C27H22ClNO5. The number of hydrogen-bond acceptors (Lipinski definition) is 5. The lowest BCUT2D eigenvalue weighted by molar-refractivity contribution is 0.0730. The van der Waals surface area contributed by atoms with E-state index in [2.05, 4.69) is 0 Å². The third-order valence-corrected chi connectivity index (χ3v) is 6.37. The number of nitrogens with zero attached hydrogens (tertiary/aromatic N) is 1. The van der Waals surface area contributed by atoms with Gasteiger partial charge in [0, 0.05) is 11.6 Å². The number of fused-ring (bicyclic) bond motifs is 2. The van der Waals surface area contributed by atoms with E-state index < -0.39 is 6.04 Å². The predicted molar refractivity (Wildman–Crippen MR) is 130 cm³/mol. The maximum atomic E-state index is 13.6. The second kappa shape index (κ2) is 8.88. The summed E-state index contributed by atoms with van der Waals surface area (Å²) >= 11 is 6.15. The van der Waals surface area contributed by atoms with Crippen LogP contribution in [0.2, 0.25) is 5.02 Å². The second-order valence-electron chi connectivity index (χ2n) is 8.07. The van der Waals surface area contributed by atoms with Gasteiger partial charge >= 0.3 is 0 Å². The van der Waals surface area contributed by atoms with Crippen LogP contribution in [0.15, 0.2) is 75.9 Å². The lowest BCUT2D eigenvalue weighted by Gasteiger charge is -2.25. The van der Waals surface area contributed by atoms with E-state index >= 15 is 0 Å². The lowest BCUT2D eigenvalue weighted by atomic mass is 9.97. The third-order valence-electron chi connectivity index (χ3n) is 6.14. The van der Waals surface area contributed by atoms with E-state index in [1.165, 1.54) is 0 Å². The molecule has 1 amide bonds. The van der Waals surface area contributed by atoms with Crippen molar-refractivity contribution in [2.24, 2.45) is 0 Å². The van der Waals surface area contributed by atoms with Crippen molar-refractivity contribution in [3.8, 4) is 11.5 Å². The fraction of sp³-hybridized carbons (Fsp3) is 0.185. The van der Waals surface area contributed by atoms with Gasteiger partial charge in [0.15, 0.2) is 16.9 Å². The average Bonchev–Trinajstić information content (AvgIpc) is 3.15. The highest BCUT2D eigenvalue weighted by Crippen LogP contribution is 2.41. The molecule has 0 saturated heterocycles. The molecule has 172 valence electrons. The number of hydrogen-bond donors (Lipinski definition) is 0. The molecule has 1 aromatic heterocycles. The van der Waals surface area contributed by atoms with Crippen molar-refractivity contribution in [2.75, 3.05) is 20.8 Å². The molecule has 0 aliphatic carbocycles. The molecule has 2 heterocycles. The van der Waals surface area contributed by atoms with Crippen molar-refractivity contribution in [3.63, 3.8) is 0 Å². The molecule has 0 bridgehead atoms. The molecule has 1 unspecified atom stereocenters. The van der Waals surface area contributed by atoms with E-state index in [0.29, 0.717) is 46.0 Å². The fourth-order valence-electron chi connectivity index (χ4n) is 4.49. The van der Waals surface area contributed by atoms with E-state index in [0.717, 1.165) is 11.1 Å². The van der Waals surface area contributed by atoms with Gasteiger partial charge in [-0.15, -0.1) is 0 Å². The molecule has 3 aromatic carbocycles. The molecule has 0 radical (unpaired) electrons. The summed E-state index contributed by atoms with van der Waals surface area (Å²) in [6.07, 6.45) is 0.629. The normalized spacial score (nSPS) is 15.0. The number of carbonyl (C=O) groups excluding carboxylic acids is 1. The molecule has 34 heavy (non-hydrogen) atoms. The van der Waals surface area contributed by atoms with Crippen LogP contribution in [0.5, 0.6) is 11.5 Å². The Balaban J connectivity index is 1.67. The minimum atomic E-state index is -0.634. The van der Waals surface area contributed by atoms with Gasteiger partial charge in [0.2, 0.25) is 5.76 Å². The molecule has 4 aromatic rings. The van der Waals surface area contributed by atoms with Crippen LogP contribution < -0.4 is 14.9 Å². The Kier molecular flexibility index (Phi) is 5.75. The molecule has 6 nitrogen and oxygen atoms in total. The zero-order valence-corrected chi connectivity index (χ0v) is 19.5. The van der Waals surface area contributed by atoms with Gasteiger partial charge in [-0.3, -0.25) is 9.59 Å². The van der Waals surface area contributed by atoms with Crippen LogP contribution in [-0.4, -0.2) is 31.6 Å². The van der Waals surface area contributed by atoms with Crippen LogP contribution in [0.3, 0.4) is 0 Å². The van der Waals surface area contributed by atoms with Gasteiger partial charge in [0.1, 0.15) is 5.58 Å². The highest BCUT2D eigenvalue weighted by Gasteiger charge is 2.42. The summed E-state index contributed by atoms with van der Waals surface area (Å²) in [6, 6.07) is 19.5. The predicted octanol–water partition coefficient (Wildman–Crippen LogP) is 5.25. The van der Waals surface area contributed by atoms with Gasteiger partial charge in [-0.05, 0) is 47.9 Å². The Morgan fingerprint density at radius 1 is 0.941 bits per heavy atom. The summed E-state index contributed by atoms with van der Waals surface area (Å²) in [6.45, 7) is 0.405. The Morgan fingerprint density at radius 3 is 2.44 bits per heavy atom. The zero-order valence-electron chi connectivity index (χ0n) is 18.7. The number of carbonyl (C=O) groups is 1. The van der Waals surface area contributed by atoms with Crippen molar-refractivity contribution < 1.29 is 18.7 Å². The lowest BCUT2D eigenvalue weighted by Crippen LogP contribution is -2.31. The van der Waals surface area contributed by atoms with Gasteiger partial charge in [0.25, 0.3) is 5.91 Å². The van der Waals surface area contributed by atoms with Gasteiger partial charge in [-0.25, -0.2) is 0 Å². The second-order valence-corrected chi connectivity index (χ2v) is 8.50. The summed E-state index contributed by atoms with van der Waals surface area (Å²) in [5.74, 6) is 0.813. The summed E-state index contributed by atoms with van der Waals surface area (Å²) < 4.78 is 16.8. The van der Waals surface area contributed by atoms with Gasteiger partial charge in [-0.1, -0.05) is 48.0 Å². The molecule has 1 atom stereocenters. The first kappa shape index (κ1) is 22.0. The number of benzene rings is 3. The van der Waals surface area contributed by atoms with Crippen LogP contribution in [0.1, 0.15) is 33.3 Å². The van der Waals surface area contributed by atoms with Crippen molar-refractivity contribution in [3.05, 3.63) is 104 Å². The Labute approximate surface area is 201 Å². The molecule has 0 fully saturated rings. The maximum absolute atomic E-state index is 13.6. The number of ether oxygens (including phenoxy) is 2. The van der Waals surface area contributed by atoms with E-state index in [1.807, 2.05) is 36.4 Å². The molecular weight excluding hydrogens is 454 g/mol. The molecule has 1 aliphatic rings. The van der Waals surface area contributed by atoms with Crippen LogP contribution in [0.4, 0.5) is 0 Å². The van der Waals surface area contributed by atoms with Crippen molar-refractivity contribution in [1.82, 2.24) is 4.90 Å². The Morgan fingerprint density at radius 2 is 1.71 bits per heavy atom. The van der Waals surface area contributed by atoms with E-state index in [9.17, 15) is 9.59 Å². The van der Waals surface area contributed by atoms with Crippen LogP contribution in [0.25, 0.3) is 11.0 Å². The minimum Gasteiger partial charge on any atom is -0.493 e. The SMILES string of the molecule is COc1ccc(C2c3c(oc4ccc(Cl)cc4c3=O)C(=O)N2CCc2ccccc2)cc1OC. The van der Waals surface area contributed by atoms with Crippen molar-refractivity contribution in [1.29, 1.82) is 0 Å². The third kappa shape index (κ3) is 3.70. The topological polar surface area (TPSA) is 69.0 Å². The summed E-state index contributed by atoms with van der Waals surface area (Å²) in [5, 5.41) is 0.766. The van der Waals surface area contributed by atoms with Crippen LogP contribution in [-0.2, 0) is 6.42 Å². The van der Waals surface area contributed by atoms with Crippen LogP contribution >= 0.6 is 11.6 Å². The highest BCUT2D eigenvalue weighted by atomic mass is 35.5. The largest absolute Gasteiger partial charge is 0.493 e. The van der Waals surface area contributed by atoms with Crippen molar-refractivity contribution in [2.45, 2.75) is 12.5 Å². The summed E-state index contributed by atoms with van der Waals surface area (Å²) in [7, 11) is 3.11. The van der Waals surface area contributed by atoms with Gasteiger partial charge in [0.05, 0.1) is 31.2 Å². The van der Waals surface area contributed by atoms with Gasteiger partial charge < -0.3 is 18.8 Å². The van der Waals surface area contributed by atoms with E-state index in [4.69, 9.17) is 25.5 Å². The average molecular weight is 476 g/mol. The summed E-state index contributed by atoms with van der Waals surface area (Å²) in [5.41, 5.74) is 2.19. The fourth-order valence-corrected chi connectivity index (χ4v) is 4.66. The minimum absolute atomic E-state index is 0.0627.